The zero-order chi connectivity index (χ0) is 13.1. The second kappa shape index (κ2) is 4.86. The predicted octanol–water partition coefficient (Wildman–Crippen LogP) is 2.94. The van der Waals surface area contributed by atoms with Gasteiger partial charge in [-0.25, -0.2) is 0 Å². The van der Waals surface area contributed by atoms with Crippen LogP contribution in [0.25, 0.3) is 23.1 Å². The molecule has 3 aromatic rings. The lowest BCUT2D eigenvalue weighted by Gasteiger charge is -1.93. The molecule has 0 saturated heterocycles. The topological polar surface area (TPSA) is 58.6 Å². The lowest BCUT2D eigenvalue weighted by Crippen LogP contribution is -1.78. The van der Waals surface area contributed by atoms with Crippen LogP contribution in [0.15, 0.2) is 42.7 Å². The van der Waals surface area contributed by atoms with E-state index in [2.05, 4.69) is 15.2 Å². The number of hydrogen-bond donors (Lipinski definition) is 1. The third-order valence-electron chi connectivity index (χ3n) is 2.89. The van der Waals surface area contributed by atoms with Gasteiger partial charge in [-0.3, -0.25) is 14.9 Å². The maximum absolute atomic E-state index is 10.7. The molecule has 0 radical (unpaired) electrons. The molecule has 0 amide bonds. The van der Waals surface area contributed by atoms with E-state index in [0.29, 0.717) is 5.56 Å². The SMILES string of the molecule is O=Cc1ccc2c(C=Cc3ccncc3)n[nH]c2c1. The van der Waals surface area contributed by atoms with Gasteiger partial charge in [-0.15, -0.1) is 0 Å². The van der Waals surface area contributed by atoms with Crippen LogP contribution in [0.3, 0.4) is 0 Å². The van der Waals surface area contributed by atoms with Gasteiger partial charge in [0, 0.05) is 23.3 Å². The highest BCUT2D eigenvalue weighted by Gasteiger charge is 2.03. The van der Waals surface area contributed by atoms with E-state index in [1.807, 2.05) is 30.4 Å². The van der Waals surface area contributed by atoms with Gasteiger partial charge in [0.15, 0.2) is 0 Å². The molecule has 2 heterocycles. The highest BCUT2D eigenvalue weighted by molar-refractivity contribution is 5.92. The summed E-state index contributed by atoms with van der Waals surface area (Å²) in [5, 5.41) is 8.17. The number of hydrogen-bond acceptors (Lipinski definition) is 3. The van der Waals surface area contributed by atoms with E-state index in [0.717, 1.165) is 28.4 Å². The molecule has 92 valence electrons. The molecule has 1 N–H and O–H groups in total. The monoisotopic (exact) mass is 249 g/mol. The maximum atomic E-state index is 10.7. The fraction of sp³-hybridized carbons (Fsp3) is 0. The molecule has 1 aromatic carbocycles. The van der Waals surface area contributed by atoms with Gasteiger partial charge >= 0.3 is 0 Å². The predicted molar refractivity (Wildman–Crippen MR) is 74.6 cm³/mol. The number of nitrogens with one attached hydrogen (secondary N) is 1. The van der Waals surface area contributed by atoms with Crippen LogP contribution in [-0.2, 0) is 0 Å². The minimum atomic E-state index is 0.640. The van der Waals surface area contributed by atoms with Gasteiger partial charge in [0.25, 0.3) is 0 Å². The highest BCUT2D eigenvalue weighted by Crippen LogP contribution is 2.18. The Balaban J connectivity index is 1.98. The Morgan fingerprint density at radius 3 is 2.63 bits per heavy atom. The lowest BCUT2D eigenvalue weighted by molar-refractivity contribution is 0.112. The van der Waals surface area contributed by atoms with Crippen molar-refractivity contribution in [2.75, 3.05) is 0 Å². The number of carbonyl (C=O) groups is 1. The van der Waals surface area contributed by atoms with E-state index in [1.54, 1.807) is 24.5 Å². The van der Waals surface area contributed by atoms with Crippen molar-refractivity contribution >= 4 is 29.3 Å². The summed E-state index contributed by atoms with van der Waals surface area (Å²) in [6, 6.07) is 9.33. The number of carbonyl (C=O) groups excluding carboxylic acids is 1. The normalized spacial score (nSPS) is 11.2. The summed E-state index contributed by atoms with van der Waals surface area (Å²) in [5.74, 6) is 0. The van der Waals surface area contributed by atoms with E-state index in [4.69, 9.17) is 0 Å². The van der Waals surface area contributed by atoms with Crippen LogP contribution in [0, 0.1) is 0 Å². The first-order chi connectivity index (χ1) is 9.36. The van der Waals surface area contributed by atoms with Crippen LogP contribution in [0.5, 0.6) is 0 Å². The number of pyridine rings is 1. The number of fused-ring (bicyclic) bond motifs is 1. The maximum Gasteiger partial charge on any atom is 0.150 e. The van der Waals surface area contributed by atoms with E-state index < -0.39 is 0 Å². The van der Waals surface area contributed by atoms with Gasteiger partial charge in [-0.2, -0.15) is 5.10 Å². The van der Waals surface area contributed by atoms with Crippen molar-refractivity contribution in [3.05, 3.63) is 59.5 Å². The molecular formula is C15H11N3O. The first kappa shape index (κ1) is 11.3. The Labute approximate surface area is 109 Å². The molecule has 4 nitrogen and oxygen atoms in total. The first-order valence-corrected chi connectivity index (χ1v) is 5.88. The van der Waals surface area contributed by atoms with Crippen molar-refractivity contribution in [1.82, 2.24) is 15.2 Å². The molecule has 0 fully saturated rings. The molecule has 3 rings (SSSR count). The summed E-state index contributed by atoms with van der Waals surface area (Å²) in [4.78, 5) is 14.7. The van der Waals surface area contributed by atoms with Crippen molar-refractivity contribution < 1.29 is 4.79 Å². The molecule has 19 heavy (non-hydrogen) atoms. The molecule has 4 heteroatoms. The molecule has 0 saturated carbocycles. The van der Waals surface area contributed by atoms with Gasteiger partial charge in [0.1, 0.15) is 6.29 Å². The third-order valence-corrected chi connectivity index (χ3v) is 2.89. The summed E-state index contributed by atoms with van der Waals surface area (Å²) >= 11 is 0. The quantitative estimate of drug-likeness (QED) is 0.726. The fourth-order valence-electron chi connectivity index (χ4n) is 1.91. The highest BCUT2D eigenvalue weighted by atomic mass is 16.1. The third kappa shape index (κ3) is 2.28. The average Bonchev–Trinajstić information content (AvgIpc) is 2.88. The first-order valence-electron chi connectivity index (χ1n) is 5.88. The number of aromatic nitrogens is 3. The fourth-order valence-corrected chi connectivity index (χ4v) is 1.91. The van der Waals surface area contributed by atoms with E-state index in [-0.39, 0.29) is 0 Å². The molecule has 0 unspecified atom stereocenters. The van der Waals surface area contributed by atoms with Crippen molar-refractivity contribution in [3.63, 3.8) is 0 Å². The van der Waals surface area contributed by atoms with Crippen LogP contribution in [0.2, 0.25) is 0 Å². The van der Waals surface area contributed by atoms with Crippen molar-refractivity contribution in [2.45, 2.75) is 0 Å². The Morgan fingerprint density at radius 2 is 1.84 bits per heavy atom. The van der Waals surface area contributed by atoms with Crippen LogP contribution < -0.4 is 0 Å². The van der Waals surface area contributed by atoms with Crippen molar-refractivity contribution in [1.29, 1.82) is 0 Å². The molecule has 0 spiro atoms. The van der Waals surface area contributed by atoms with Gasteiger partial charge in [0.2, 0.25) is 0 Å². The molecule has 0 aliphatic rings. The second-order valence-corrected chi connectivity index (χ2v) is 4.15. The number of nitrogens with zero attached hydrogens (tertiary/aromatic N) is 2. The largest absolute Gasteiger partial charge is 0.298 e. The second-order valence-electron chi connectivity index (χ2n) is 4.15. The van der Waals surface area contributed by atoms with E-state index in [9.17, 15) is 4.79 Å². The zero-order valence-electron chi connectivity index (χ0n) is 10.1. The Kier molecular flexibility index (Phi) is 2.90. The minimum Gasteiger partial charge on any atom is -0.298 e. The molecular weight excluding hydrogens is 238 g/mol. The number of benzene rings is 1. The number of rotatable bonds is 3. The Bertz CT molecular complexity index is 744. The number of H-pyrrole nitrogens is 1. The summed E-state index contributed by atoms with van der Waals surface area (Å²) in [6.07, 6.45) is 8.24. The number of aldehydes is 1. The summed E-state index contributed by atoms with van der Waals surface area (Å²) in [5.41, 5.74) is 3.42. The van der Waals surface area contributed by atoms with E-state index in [1.165, 1.54) is 0 Å². The van der Waals surface area contributed by atoms with Crippen molar-refractivity contribution in [2.24, 2.45) is 0 Å². The van der Waals surface area contributed by atoms with E-state index >= 15 is 0 Å². The van der Waals surface area contributed by atoms with Gasteiger partial charge in [-0.05, 0) is 35.9 Å². The standard InChI is InChI=1S/C15H11N3O/c19-10-12-1-3-13-14(17-18-15(13)9-12)4-2-11-5-7-16-8-6-11/h1-10H,(H,17,18). The summed E-state index contributed by atoms with van der Waals surface area (Å²) in [7, 11) is 0. The molecule has 0 bridgehead atoms. The smallest absolute Gasteiger partial charge is 0.150 e. The summed E-state index contributed by atoms with van der Waals surface area (Å²) < 4.78 is 0. The van der Waals surface area contributed by atoms with Crippen LogP contribution in [0.1, 0.15) is 21.6 Å². The van der Waals surface area contributed by atoms with Crippen LogP contribution >= 0.6 is 0 Å². The molecule has 0 atom stereocenters. The van der Waals surface area contributed by atoms with Gasteiger partial charge < -0.3 is 0 Å². The van der Waals surface area contributed by atoms with Gasteiger partial charge in [-0.1, -0.05) is 12.1 Å². The van der Waals surface area contributed by atoms with Crippen LogP contribution in [-0.4, -0.2) is 21.5 Å². The van der Waals surface area contributed by atoms with Crippen molar-refractivity contribution in [3.8, 4) is 0 Å². The zero-order valence-corrected chi connectivity index (χ0v) is 10.1. The average molecular weight is 249 g/mol. The van der Waals surface area contributed by atoms with Crippen LogP contribution in [0.4, 0.5) is 0 Å². The Morgan fingerprint density at radius 1 is 1.00 bits per heavy atom. The number of aromatic amines is 1. The molecule has 0 aliphatic heterocycles. The molecule has 2 aromatic heterocycles. The summed E-state index contributed by atoms with van der Waals surface area (Å²) in [6.45, 7) is 0. The lowest BCUT2D eigenvalue weighted by atomic mass is 10.1. The Hall–Kier alpha value is -2.75. The molecule has 0 aliphatic carbocycles. The minimum absolute atomic E-state index is 0.640. The van der Waals surface area contributed by atoms with Gasteiger partial charge in [0.05, 0.1) is 11.2 Å².